The van der Waals surface area contributed by atoms with Crippen molar-refractivity contribution in [3.63, 3.8) is 0 Å². The van der Waals surface area contributed by atoms with Crippen LogP contribution in [-0.4, -0.2) is 69.9 Å². The monoisotopic (exact) mass is 396 g/mol. The van der Waals surface area contributed by atoms with E-state index in [-0.39, 0.29) is 27.8 Å². The van der Waals surface area contributed by atoms with Crippen LogP contribution in [0.3, 0.4) is 0 Å². The maximum absolute atomic E-state index is 12.8. The summed E-state index contributed by atoms with van der Waals surface area (Å²) >= 11 is 0. The zero-order valence-corrected chi connectivity index (χ0v) is 16.9. The summed E-state index contributed by atoms with van der Waals surface area (Å²) in [6.07, 6.45) is 4.69. The molecule has 27 heavy (non-hydrogen) atoms. The number of rotatable bonds is 7. The Hall–Kier alpha value is -1.84. The van der Waals surface area contributed by atoms with Gasteiger partial charge in [0.05, 0.1) is 18.4 Å². The van der Waals surface area contributed by atoms with Crippen LogP contribution in [0.25, 0.3) is 0 Å². The molecule has 1 heterocycles. The molecular weight excluding hydrogens is 368 g/mol. The Morgan fingerprint density at radius 3 is 2.63 bits per heavy atom. The minimum Gasteiger partial charge on any atom is -0.496 e. The zero-order valence-electron chi connectivity index (χ0n) is 16.1. The second-order valence-corrected chi connectivity index (χ2v) is 9.47. The van der Waals surface area contributed by atoms with E-state index in [1.54, 1.807) is 0 Å². The van der Waals surface area contributed by atoms with Gasteiger partial charge in [0.2, 0.25) is 10.0 Å². The first-order chi connectivity index (χ1) is 12.8. The van der Waals surface area contributed by atoms with Crippen molar-refractivity contribution in [1.29, 1.82) is 0 Å². The van der Waals surface area contributed by atoms with Gasteiger partial charge in [0.1, 0.15) is 10.6 Å². The van der Waals surface area contributed by atoms with Gasteiger partial charge in [-0.3, -0.25) is 9.69 Å². The number of hydrogen-bond donors (Lipinski definition) is 2. The third-order valence-electron chi connectivity index (χ3n) is 5.27. The number of methoxy groups -OCH3 is 1. The first-order valence-corrected chi connectivity index (χ1v) is 10.6. The molecule has 1 saturated carbocycles. The Bertz CT molecular complexity index is 821. The van der Waals surface area contributed by atoms with Crippen molar-refractivity contribution in [2.45, 2.75) is 42.7 Å². The van der Waals surface area contributed by atoms with Crippen molar-refractivity contribution in [2.75, 3.05) is 40.0 Å². The molecule has 1 aromatic carbocycles. The molecule has 2 aliphatic rings. The van der Waals surface area contributed by atoms with Crippen LogP contribution in [0.5, 0.6) is 5.75 Å². The van der Waals surface area contributed by atoms with Gasteiger partial charge in [0, 0.05) is 38.8 Å². The van der Waals surface area contributed by atoms with Gasteiger partial charge in [-0.1, -0.05) is 0 Å². The van der Waals surface area contributed by atoms with Crippen molar-refractivity contribution in [3.8, 4) is 5.75 Å². The molecule has 0 bridgehead atoms. The number of hydrogen-bond acceptors (Lipinski definition) is 6. The third-order valence-corrected chi connectivity index (χ3v) is 7.14. The minimum atomic E-state index is -3.77. The molecule has 1 unspecified atom stereocenters. The van der Waals surface area contributed by atoms with Crippen molar-refractivity contribution < 1.29 is 17.9 Å². The van der Waals surface area contributed by atoms with Gasteiger partial charge < -0.3 is 15.8 Å². The maximum atomic E-state index is 12.8. The predicted octanol–water partition coefficient (Wildman–Crippen LogP) is 0.884. The summed E-state index contributed by atoms with van der Waals surface area (Å²) in [5.74, 6) is -0.0992. The van der Waals surface area contributed by atoms with E-state index in [2.05, 4.69) is 10.2 Å². The van der Waals surface area contributed by atoms with Gasteiger partial charge in [0.15, 0.2) is 0 Å². The highest BCUT2D eigenvalue weighted by molar-refractivity contribution is 7.89. The fraction of sp³-hybridized carbons (Fsp3) is 0.611. The van der Waals surface area contributed by atoms with Crippen LogP contribution in [0.1, 0.15) is 36.0 Å². The molecule has 0 spiro atoms. The number of nitrogens with one attached hydrogen (secondary N) is 1. The second kappa shape index (κ2) is 7.65. The maximum Gasteiger partial charge on any atom is 0.255 e. The van der Waals surface area contributed by atoms with E-state index in [0.29, 0.717) is 18.6 Å². The van der Waals surface area contributed by atoms with Gasteiger partial charge >= 0.3 is 0 Å². The van der Waals surface area contributed by atoms with Crippen LogP contribution >= 0.6 is 0 Å². The molecule has 1 saturated heterocycles. The number of nitrogens with two attached hydrogens (primary N) is 1. The quantitative estimate of drug-likeness (QED) is 0.663. The van der Waals surface area contributed by atoms with Gasteiger partial charge in [-0.05, 0) is 38.3 Å². The lowest BCUT2D eigenvalue weighted by Gasteiger charge is -2.24. The average Bonchev–Trinajstić information content (AvgIpc) is 3.36. The Labute approximate surface area is 160 Å². The molecule has 1 aromatic rings. The average molecular weight is 397 g/mol. The van der Waals surface area contributed by atoms with Crippen LogP contribution in [0, 0.1) is 0 Å². The number of benzene rings is 1. The predicted molar refractivity (Wildman–Crippen MR) is 103 cm³/mol. The van der Waals surface area contributed by atoms with Gasteiger partial charge in [0.25, 0.3) is 5.91 Å². The molecule has 0 radical (unpaired) electrons. The first-order valence-electron chi connectivity index (χ1n) is 9.19. The molecule has 1 aliphatic heterocycles. The molecule has 3 N–H and O–H groups in total. The number of nitrogens with zero attached hydrogens (tertiary/aromatic N) is 2. The molecule has 8 nitrogen and oxygen atoms in total. The lowest BCUT2D eigenvalue weighted by Crippen LogP contribution is -2.41. The van der Waals surface area contributed by atoms with Crippen LogP contribution in [0.4, 0.5) is 5.69 Å². The summed E-state index contributed by atoms with van der Waals surface area (Å²) in [5.41, 5.74) is 6.12. The number of carbonyl (C=O) groups excluding carboxylic acids is 1. The third kappa shape index (κ3) is 4.04. The number of sulfonamides is 1. The molecule has 1 atom stereocenters. The normalized spacial score (nSPS) is 20.8. The van der Waals surface area contributed by atoms with Crippen LogP contribution in [-0.2, 0) is 10.0 Å². The Morgan fingerprint density at radius 2 is 2.04 bits per heavy atom. The van der Waals surface area contributed by atoms with E-state index < -0.39 is 10.0 Å². The summed E-state index contributed by atoms with van der Waals surface area (Å²) in [4.78, 5) is 15.2. The van der Waals surface area contributed by atoms with Gasteiger partial charge in [-0.2, -0.15) is 0 Å². The van der Waals surface area contributed by atoms with E-state index in [9.17, 15) is 13.2 Å². The SMILES string of the molecule is COc1cc(N)c(S(=O)(=O)N(C)C)cc1C(=O)NCC1CCCN1C1CC1. The Balaban J connectivity index is 1.80. The molecule has 9 heteroatoms. The fourth-order valence-electron chi connectivity index (χ4n) is 3.61. The number of carbonyl (C=O) groups is 1. The van der Waals surface area contributed by atoms with E-state index >= 15 is 0 Å². The standard InChI is InChI=1S/C18H28N4O4S/c1-21(2)27(24,25)17-9-14(16(26-3)10-15(17)19)18(23)20-11-13-5-4-8-22(13)12-6-7-12/h9-10,12-13H,4-8,11,19H2,1-3H3,(H,20,23). The van der Waals surface area contributed by atoms with Crippen molar-refractivity contribution in [1.82, 2.24) is 14.5 Å². The molecule has 1 aliphatic carbocycles. The Morgan fingerprint density at radius 1 is 1.33 bits per heavy atom. The largest absolute Gasteiger partial charge is 0.496 e. The minimum absolute atomic E-state index is 0.0489. The highest BCUT2D eigenvalue weighted by Gasteiger charge is 2.36. The van der Waals surface area contributed by atoms with Crippen molar-refractivity contribution >= 4 is 21.6 Å². The topological polar surface area (TPSA) is 105 Å². The summed E-state index contributed by atoms with van der Waals surface area (Å²) in [7, 11) is 0.506. The van der Waals surface area contributed by atoms with E-state index in [0.717, 1.165) is 23.7 Å². The highest BCUT2D eigenvalue weighted by Crippen LogP contribution is 2.33. The molecule has 150 valence electrons. The summed E-state index contributed by atoms with van der Waals surface area (Å²) in [5, 5.41) is 2.95. The van der Waals surface area contributed by atoms with E-state index in [1.165, 1.54) is 46.2 Å². The molecule has 1 amide bonds. The smallest absolute Gasteiger partial charge is 0.255 e. The number of amides is 1. The zero-order chi connectivity index (χ0) is 19.8. The highest BCUT2D eigenvalue weighted by atomic mass is 32.2. The molecule has 0 aromatic heterocycles. The van der Waals surface area contributed by atoms with Crippen molar-refractivity contribution in [2.24, 2.45) is 0 Å². The second-order valence-electron chi connectivity index (χ2n) is 7.35. The van der Waals surface area contributed by atoms with E-state index in [4.69, 9.17) is 10.5 Å². The Kier molecular flexibility index (Phi) is 5.64. The number of nitrogen functional groups attached to an aromatic ring is 1. The first kappa shape index (κ1) is 19.9. The van der Waals surface area contributed by atoms with Gasteiger partial charge in [-0.15, -0.1) is 0 Å². The fourth-order valence-corrected chi connectivity index (χ4v) is 4.63. The van der Waals surface area contributed by atoms with Gasteiger partial charge in [-0.25, -0.2) is 12.7 Å². The van der Waals surface area contributed by atoms with Crippen LogP contribution < -0.4 is 15.8 Å². The molecule has 3 rings (SSSR count). The summed E-state index contributed by atoms with van der Waals surface area (Å²) < 4.78 is 31.3. The molecule has 2 fully saturated rings. The van der Waals surface area contributed by atoms with E-state index in [1.807, 2.05) is 0 Å². The lowest BCUT2D eigenvalue weighted by molar-refractivity contribution is 0.0936. The number of ether oxygens (including phenoxy) is 1. The van der Waals surface area contributed by atoms with Crippen LogP contribution in [0.15, 0.2) is 17.0 Å². The number of anilines is 1. The molecular formula is C18H28N4O4S. The summed E-state index contributed by atoms with van der Waals surface area (Å²) in [6.45, 7) is 1.63. The lowest BCUT2D eigenvalue weighted by atomic mass is 10.1. The van der Waals surface area contributed by atoms with Crippen LogP contribution in [0.2, 0.25) is 0 Å². The van der Waals surface area contributed by atoms with Crippen molar-refractivity contribution in [3.05, 3.63) is 17.7 Å². The number of likely N-dealkylation sites (tertiary alicyclic amines) is 1. The summed E-state index contributed by atoms with van der Waals surface area (Å²) in [6, 6.07) is 3.69.